The van der Waals surface area contributed by atoms with Crippen LogP contribution in [0.3, 0.4) is 0 Å². The van der Waals surface area contributed by atoms with E-state index in [4.69, 9.17) is 9.47 Å². The standard InChI is InChI=1S/C22H25N3O3S/c1-5-25(14-16-10-12-17(27-3)13-11-16)24-21(26)20-15(2)23-22(29-20)18-8-6-7-9-19(18)28-4/h6-13H,5,14H2,1-4H3,(H,24,26). The zero-order valence-electron chi connectivity index (χ0n) is 17.1. The summed E-state index contributed by atoms with van der Waals surface area (Å²) in [6, 6.07) is 15.5. The van der Waals surface area contributed by atoms with Gasteiger partial charge in [0.2, 0.25) is 0 Å². The smallest absolute Gasteiger partial charge is 0.277 e. The molecule has 7 heteroatoms. The molecule has 0 saturated heterocycles. The number of ether oxygens (including phenoxy) is 2. The van der Waals surface area contributed by atoms with E-state index in [-0.39, 0.29) is 5.91 Å². The number of hydrogen-bond acceptors (Lipinski definition) is 6. The molecule has 1 amide bonds. The van der Waals surface area contributed by atoms with Crippen LogP contribution in [0.1, 0.15) is 27.9 Å². The van der Waals surface area contributed by atoms with Gasteiger partial charge in [0, 0.05) is 13.1 Å². The molecular formula is C22H25N3O3S. The highest BCUT2D eigenvalue weighted by Crippen LogP contribution is 2.34. The molecule has 1 N–H and O–H groups in total. The second-order valence-electron chi connectivity index (χ2n) is 6.44. The number of thiazole rings is 1. The summed E-state index contributed by atoms with van der Waals surface area (Å²) in [6.07, 6.45) is 0. The Bertz CT molecular complexity index is 970. The van der Waals surface area contributed by atoms with Gasteiger partial charge in [-0.15, -0.1) is 11.3 Å². The van der Waals surface area contributed by atoms with Gasteiger partial charge in [0.1, 0.15) is 21.4 Å². The van der Waals surface area contributed by atoms with Crippen molar-refractivity contribution >= 4 is 17.2 Å². The van der Waals surface area contributed by atoms with Crippen molar-refractivity contribution in [2.24, 2.45) is 0 Å². The van der Waals surface area contributed by atoms with Gasteiger partial charge in [0.05, 0.1) is 25.5 Å². The molecule has 0 aliphatic heterocycles. The van der Waals surface area contributed by atoms with Crippen LogP contribution in [0.4, 0.5) is 0 Å². The molecule has 0 spiro atoms. The molecule has 0 unspecified atom stereocenters. The highest BCUT2D eigenvalue weighted by atomic mass is 32.1. The number of rotatable bonds is 8. The molecule has 152 valence electrons. The van der Waals surface area contributed by atoms with Gasteiger partial charge >= 0.3 is 0 Å². The van der Waals surface area contributed by atoms with E-state index in [1.54, 1.807) is 14.2 Å². The Morgan fingerprint density at radius 3 is 2.48 bits per heavy atom. The Morgan fingerprint density at radius 2 is 1.83 bits per heavy atom. The second kappa shape index (κ2) is 9.54. The van der Waals surface area contributed by atoms with E-state index in [0.717, 1.165) is 27.6 Å². The van der Waals surface area contributed by atoms with Gasteiger partial charge in [0.25, 0.3) is 5.91 Å². The minimum absolute atomic E-state index is 0.156. The summed E-state index contributed by atoms with van der Waals surface area (Å²) in [5.74, 6) is 1.39. The first-order valence-corrected chi connectivity index (χ1v) is 10.2. The van der Waals surface area contributed by atoms with Crippen LogP contribution in [0.15, 0.2) is 48.5 Å². The minimum atomic E-state index is -0.156. The number of amides is 1. The van der Waals surface area contributed by atoms with Crippen molar-refractivity contribution in [2.45, 2.75) is 20.4 Å². The lowest BCUT2D eigenvalue weighted by atomic mass is 10.2. The van der Waals surface area contributed by atoms with E-state index in [0.29, 0.717) is 23.7 Å². The number of nitrogens with one attached hydrogen (secondary N) is 1. The van der Waals surface area contributed by atoms with Gasteiger partial charge in [0.15, 0.2) is 0 Å². The molecule has 0 fully saturated rings. The Kier molecular flexibility index (Phi) is 6.85. The minimum Gasteiger partial charge on any atom is -0.497 e. The maximum absolute atomic E-state index is 12.9. The van der Waals surface area contributed by atoms with Crippen molar-refractivity contribution in [3.05, 3.63) is 64.7 Å². The molecule has 0 aliphatic rings. The maximum Gasteiger partial charge on any atom is 0.277 e. The lowest BCUT2D eigenvalue weighted by molar-refractivity contribution is 0.0788. The molecule has 0 bridgehead atoms. The largest absolute Gasteiger partial charge is 0.497 e. The lowest BCUT2D eigenvalue weighted by Crippen LogP contribution is -2.41. The molecule has 29 heavy (non-hydrogen) atoms. The SMILES string of the molecule is CCN(Cc1ccc(OC)cc1)NC(=O)c1sc(-c2ccccc2OC)nc1C. The molecule has 0 aliphatic carbocycles. The average Bonchev–Trinajstić information content (AvgIpc) is 3.15. The third kappa shape index (κ3) is 4.93. The molecule has 2 aromatic carbocycles. The van der Waals surface area contributed by atoms with Gasteiger partial charge in [-0.3, -0.25) is 10.2 Å². The van der Waals surface area contributed by atoms with Gasteiger partial charge in [-0.25, -0.2) is 9.99 Å². The normalized spacial score (nSPS) is 10.8. The number of para-hydroxylation sites is 1. The summed E-state index contributed by atoms with van der Waals surface area (Å²) >= 11 is 1.37. The number of carbonyl (C=O) groups is 1. The fourth-order valence-electron chi connectivity index (χ4n) is 2.92. The first-order chi connectivity index (χ1) is 14.0. The van der Waals surface area contributed by atoms with Crippen LogP contribution in [0.25, 0.3) is 10.6 Å². The summed E-state index contributed by atoms with van der Waals surface area (Å²) in [5, 5.41) is 2.65. The predicted octanol–water partition coefficient (Wildman–Crippen LogP) is 4.30. The van der Waals surface area contributed by atoms with E-state index in [2.05, 4.69) is 10.4 Å². The Morgan fingerprint density at radius 1 is 1.10 bits per heavy atom. The van der Waals surface area contributed by atoms with Gasteiger partial charge < -0.3 is 9.47 Å². The number of hydrazine groups is 1. The number of nitrogens with zero attached hydrogens (tertiary/aromatic N) is 2. The zero-order valence-corrected chi connectivity index (χ0v) is 17.9. The van der Waals surface area contributed by atoms with E-state index < -0.39 is 0 Å². The van der Waals surface area contributed by atoms with E-state index >= 15 is 0 Å². The van der Waals surface area contributed by atoms with Crippen molar-refractivity contribution in [1.82, 2.24) is 15.4 Å². The molecule has 0 radical (unpaired) electrons. The van der Waals surface area contributed by atoms with Crippen LogP contribution in [0, 0.1) is 6.92 Å². The molecule has 0 atom stereocenters. The van der Waals surface area contributed by atoms with Crippen LogP contribution in [0.5, 0.6) is 11.5 Å². The van der Waals surface area contributed by atoms with E-state index in [1.807, 2.05) is 67.4 Å². The first kappa shape index (κ1) is 20.8. The maximum atomic E-state index is 12.9. The topological polar surface area (TPSA) is 63.7 Å². The zero-order chi connectivity index (χ0) is 20.8. The number of aromatic nitrogens is 1. The fourth-order valence-corrected chi connectivity index (χ4v) is 3.91. The third-order valence-electron chi connectivity index (χ3n) is 4.51. The number of benzene rings is 2. The Labute approximate surface area is 175 Å². The van der Waals surface area contributed by atoms with Crippen molar-refractivity contribution in [2.75, 3.05) is 20.8 Å². The molecule has 6 nitrogen and oxygen atoms in total. The monoisotopic (exact) mass is 411 g/mol. The van der Waals surface area contributed by atoms with Crippen LogP contribution in [-0.4, -0.2) is 36.7 Å². The predicted molar refractivity (Wildman–Crippen MR) is 115 cm³/mol. The number of carbonyl (C=O) groups excluding carboxylic acids is 1. The summed E-state index contributed by atoms with van der Waals surface area (Å²) in [6.45, 7) is 5.13. The molecule has 3 aromatic rings. The van der Waals surface area contributed by atoms with E-state index in [1.165, 1.54) is 11.3 Å². The fraction of sp³-hybridized carbons (Fsp3) is 0.273. The molecule has 1 heterocycles. The molecular weight excluding hydrogens is 386 g/mol. The lowest BCUT2D eigenvalue weighted by Gasteiger charge is -2.21. The van der Waals surface area contributed by atoms with Gasteiger partial charge in [-0.1, -0.05) is 31.2 Å². The molecule has 1 aromatic heterocycles. The first-order valence-electron chi connectivity index (χ1n) is 9.35. The van der Waals surface area contributed by atoms with Crippen LogP contribution >= 0.6 is 11.3 Å². The summed E-state index contributed by atoms with van der Waals surface area (Å²) < 4.78 is 10.6. The number of aryl methyl sites for hydroxylation is 1. The quantitative estimate of drug-likeness (QED) is 0.560. The van der Waals surface area contributed by atoms with Crippen LogP contribution in [-0.2, 0) is 6.54 Å². The summed E-state index contributed by atoms with van der Waals surface area (Å²) in [4.78, 5) is 18.1. The van der Waals surface area contributed by atoms with Crippen molar-refractivity contribution in [1.29, 1.82) is 0 Å². The Balaban J connectivity index is 1.74. The van der Waals surface area contributed by atoms with Crippen molar-refractivity contribution in [3.8, 4) is 22.1 Å². The van der Waals surface area contributed by atoms with Crippen LogP contribution < -0.4 is 14.9 Å². The number of hydrogen-bond donors (Lipinski definition) is 1. The van der Waals surface area contributed by atoms with E-state index in [9.17, 15) is 4.79 Å². The van der Waals surface area contributed by atoms with Gasteiger partial charge in [-0.2, -0.15) is 0 Å². The van der Waals surface area contributed by atoms with Crippen molar-refractivity contribution < 1.29 is 14.3 Å². The highest BCUT2D eigenvalue weighted by Gasteiger charge is 2.19. The summed E-state index contributed by atoms with van der Waals surface area (Å²) in [7, 11) is 3.27. The average molecular weight is 412 g/mol. The van der Waals surface area contributed by atoms with Gasteiger partial charge in [-0.05, 0) is 36.8 Å². The van der Waals surface area contributed by atoms with Crippen molar-refractivity contribution in [3.63, 3.8) is 0 Å². The second-order valence-corrected chi connectivity index (χ2v) is 7.44. The van der Waals surface area contributed by atoms with Crippen LogP contribution in [0.2, 0.25) is 0 Å². The summed E-state index contributed by atoms with van der Waals surface area (Å²) in [5.41, 5.74) is 5.67. The number of methoxy groups -OCH3 is 2. The molecule has 0 saturated carbocycles. The third-order valence-corrected chi connectivity index (χ3v) is 5.70. The molecule has 3 rings (SSSR count). The Hall–Kier alpha value is -2.90. The highest BCUT2D eigenvalue weighted by molar-refractivity contribution is 7.17.